The molecule has 0 radical (unpaired) electrons. The summed E-state index contributed by atoms with van der Waals surface area (Å²) in [5, 5.41) is 3.15. The number of hydrogen-bond acceptors (Lipinski definition) is 2. The standard InChI is InChI=1S/C13H13NO/c1-14-9-6-7-13-11(8-9)10-4-2-3-5-12(10)15-13/h2-8,10,12,14H,1H3. The lowest BCUT2D eigenvalue weighted by molar-refractivity contribution is 0.269. The van der Waals surface area contributed by atoms with Gasteiger partial charge in [0.2, 0.25) is 0 Å². The van der Waals surface area contributed by atoms with Crippen molar-refractivity contribution in [3.05, 3.63) is 48.1 Å². The van der Waals surface area contributed by atoms with Crippen molar-refractivity contribution in [1.82, 2.24) is 0 Å². The van der Waals surface area contributed by atoms with Gasteiger partial charge in [0.25, 0.3) is 0 Å². The van der Waals surface area contributed by atoms with E-state index in [0.717, 1.165) is 11.4 Å². The summed E-state index contributed by atoms with van der Waals surface area (Å²) < 4.78 is 5.84. The molecule has 2 atom stereocenters. The van der Waals surface area contributed by atoms with Gasteiger partial charge in [0.15, 0.2) is 0 Å². The zero-order chi connectivity index (χ0) is 10.3. The topological polar surface area (TPSA) is 21.3 Å². The van der Waals surface area contributed by atoms with Gasteiger partial charge in [-0.15, -0.1) is 0 Å². The molecular formula is C13H13NO. The molecule has 0 saturated carbocycles. The van der Waals surface area contributed by atoms with Gasteiger partial charge >= 0.3 is 0 Å². The SMILES string of the molecule is CNc1ccc2c(c1)C1C=CC=CC1O2. The monoisotopic (exact) mass is 199 g/mol. The fraction of sp³-hybridized carbons (Fsp3) is 0.231. The zero-order valence-corrected chi connectivity index (χ0v) is 8.60. The van der Waals surface area contributed by atoms with Crippen molar-refractivity contribution < 1.29 is 4.74 Å². The lowest BCUT2D eigenvalue weighted by atomic mass is 9.92. The zero-order valence-electron chi connectivity index (χ0n) is 8.60. The van der Waals surface area contributed by atoms with Crippen LogP contribution in [0.2, 0.25) is 0 Å². The number of hydrogen-bond donors (Lipinski definition) is 1. The van der Waals surface area contributed by atoms with Gasteiger partial charge in [0.05, 0.1) is 0 Å². The fourth-order valence-electron chi connectivity index (χ4n) is 2.20. The average molecular weight is 199 g/mol. The van der Waals surface area contributed by atoms with Crippen molar-refractivity contribution in [3.8, 4) is 5.75 Å². The van der Waals surface area contributed by atoms with Gasteiger partial charge < -0.3 is 10.1 Å². The van der Waals surface area contributed by atoms with Crippen molar-refractivity contribution in [1.29, 1.82) is 0 Å². The molecule has 0 spiro atoms. The molecule has 0 saturated heterocycles. The minimum atomic E-state index is 0.192. The van der Waals surface area contributed by atoms with E-state index in [1.165, 1.54) is 5.56 Å². The summed E-state index contributed by atoms with van der Waals surface area (Å²) in [6, 6.07) is 6.26. The Kier molecular flexibility index (Phi) is 1.81. The largest absolute Gasteiger partial charge is 0.485 e. The first-order valence-corrected chi connectivity index (χ1v) is 5.22. The Morgan fingerprint density at radius 2 is 2.07 bits per heavy atom. The second kappa shape index (κ2) is 3.16. The Hall–Kier alpha value is -1.70. The summed E-state index contributed by atoms with van der Waals surface area (Å²) in [5.74, 6) is 1.40. The number of anilines is 1. The van der Waals surface area contributed by atoms with Crippen LogP contribution in [0.15, 0.2) is 42.5 Å². The second-order valence-corrected chi connectivity index (χ2v) is 3.88. The molecule has 2 nitrogen and oxygen atoms in total. The van der Waals surface area contributed by atoms with Crippen molar-refractivity contribution in [2.45, 2.75) is 12.0 Å². The second-order valence-electron chi connectivity index (χ2n) is 3.88. The van der Waals surface area contributed by atoms with Crippen LogP contribution in [0.3, 0.4) is 0 Å². The summed E-state index contributed by atoms with van der Waals surface area (Å²) in [5.41, 5.74) is 2.42. The van der Waals surface area contributed by atoms with Gasteiger partial charge in [-0.1, -0.05) is 18.2 Å². The van der Waals surface area contributed by atoms with Gasteiger partial charge in [0, 0.05) is 24.2 Å². The summed E-state index contributed by atoms with van der Waals surface area (Å²) in [6.07, 6.45) is 8.65. The van der Waals surface area contributed by atoms with Gasteiger partial charge in [-0.2, -0.15) is 0 Å². The molecule has 0 fully saturated rings. The number of rotatable bonds is 1. The number of allylic oxidation sites excluding steroid dienone is 2. The number of nitrogens with one attached hydrogen (secondary N) is 1. The molecule has 1 aliphatic heterocycles. The van der Waals surface area contributed by atoms with E-state index in [2.05, 4.69) is 29.6 Å². The van der Waals surface area contributed by atoms with E-state index in [1.54, 1.807) is 0 Å². The van der Waals surface area contributed by atoms with E-state index in [1.807, 2.05) is 25.3 Å². The van der Waals surface area contributed by atoms with Crippen LogP contribution in [0.4, 0.5) is 5.69 Å². The predicted molar refractivity (Wildman–Crippen MR) is 61.4 cm³/mol. The molecule has 0 bridgehead atoms. The van der Waals surface area contributed by atoms with E-state index < -0.39 is 0 Å². The molecule has 15 heavy (non-hydrogen) atoms. The molecule has 2 heteroatoms. The Bertz CT molecular complexity index is 448. The van der Waals surface area contributed by atoms with Crippen LogP contribution >= 0.6 is 0 Å². The highest BCUT2D eigenvalue weighted by atomic mass is 16.5. The number of fused-ring (bicyclic) bond motifs is 3. The van der Waals surface area contributed by atoms with E-state index in [9.17, 15) is 0 Å². The van der Waals surface area contributed by atoms with E-state index >= 15 is 0 Å². The molecule has 1 aromatic carbocycles. The first kappa shape index (κ1) is 8.60. The van der Waals surface area contributed by atoms with E-state index in [0.29, 0.717) is 5.92 Å². The van der Waals surface area contributed by atoms with E-state index in [-0.39, 0.29) is 6.10 Å². The van der Waals surface area contributed by atoms with Gasteiger partial charge in [-0.3, -0.25) is 0 Å². The normalized spacial score (nSPS) is 25.7. The quantitative estimate of drug-likeness (QED) is 0.750. The van der Waals surface area contributed by atoms with Gasteiger partial charge in [-0.05, 0) is 24.3 Å². The average Bonchev–Trinajstić information content (AvgIpc) is 2.66. The van der Waals surface area contributed by atoms with Crippen molar-refractivity contribution in [2.75, 3.05) is 12.4 Å². The Balaban J connectivity index is 2.06. The molecule has 1 N–H and O–H groups in total. The Labute approximate surface area is 89.3 Å². The van der Waals surface area contributed by atoms with Crippen LogP contribution < -0.4 is 10.1 Å². The molecular weight excluding hydrogens is 186 g/mol. The number of benzene rings is 1. The summed E-state index contributed by atoms with van der Waals surface area (Å²) in [7, 11) is 1.94. The highest BCUT2D eigenvalue weighted by Crippen LogP contribution is 2.42. The van der Waals surface area contributed by atoms with Crippen molar-refractivity contribution in [2.24, 2.45) is 0 Å². The molecule has 1 heterocycles. The maximum Gasteiger partial charge on any atom is 0.128 e. The maximum absolute atomic E-state index is 5.84. The first-order valence-electron chi connectivity index (χ1n) is 5.22. The third-order valence-electron chi connectivity index (χ3n) is 3.00. The summed E-state index contributed by atoms with van der Waals surface area (Å²) in [4.78, 5) is 0. The van der Waals surface area contributed by atoms with Crippen LogP contribution in [0.5, 0.6) is 5.75 Å². The van der Waals surface area contributed by atoms with Crippen LogP contribution in [0.25, 0.3) is 0 Å². The smallest absolute Gasteiger partial charge is 0.128 e. The van der Waals surface area contributed by atoms with Crippen molar-refractivity contribution >= 4 is 5.69 Å². The molecule has 76 valence electrons. The Morgan fingerprint density at radius 1 is 1.20 bits per heavy atom. The van der Waals surface area contributed by atoms with Gasteiger partial charge in [-0.25, -0.2) is 0 Å². The molecule has 0 amide bonds. The molecule has 0 aromatic heterocycles. The molecule has 3 rings (SSSR count). The summed E-state index contributed by atoms with van der Waals surface area (Å²) >= 11 is 0. The summed E-state index contributed by atoms with van der Waals surface area (Å²) in [6.45, 7) is 0. The molecule has 2 unspecified atom stereocenters. The lowest BCUT2D eigenvalue weighted by Crippen LogP contribution is -2.15. The van der Waals surface area contributed by atoms with Crippen LogP contribution in [0, 0.1) is 0 Å². The third kappa shape index (κ3) is 1.25. The lowest BCUT2D eigenvalue weighted by Gasteiger charge is -2.14. The van der Waals surface area contributed by atoms with E-state index in [4.69, 9.17) is 4.74 Å². The predicted octanol–water partition coefficient (Wildman–Crippen LogP) is 2.70. The molecule has 1 aliphatic carbocycles. The minimum Gasteiger partial charge on any atom is -0.485 e. The number of ether oxygens (including phenoxy) is 1. The van der Waals surface area contributed by atoms with Crippen LogP contribution in [0.1, 0.15) is 11.5 Å². The maximum atomic E-state index is 5.84. The highest BCUT2D eigenvalue weighted by molar-refractivity contribution is 5.56. The molecule has 1 aromatic rings. The van der Waals surface area contributed by atoms with Crippen LogP contribution in [-0.4, -0.2) is 13.2 Å². The third-order valence-corrected chi connectivity index (χ3v) is 3.00. The minimum absolute atomic E-state index is 0.192. The highest BCUT2D eigenvalue weighted by Gasteiger charge is 2.31. The fourth-order valence-corrected chi connectivity index (χ4v) is 2.20. The van der Waals surface area contributed by atoms with Crippen LogP contribution in [-0.2, 0) is 0 Å². The van der Waals surface area contributed by atoms with Crippen molar-refractivity contribution in [3.63, 3.8) is 0 Å². The molecule has 2 aliphatic rings. The Morgan fingerprint density at radius 3 is 2.93 bits per heavy atom. The first-order chi connectivity index (χ1) is 7.38. The van der Waals surface area contributed by atoms with Gasteiger partial charge in [0.1, 0.15) is 11.9 Å².